The summed E-state index contributed by atoms with van der Waals surface area (Å²) < 4.78 is 5.72. The van der Waals surface area contributed by atoms with Crippen LogP contribution in [-0.2, 0) is 4.74 Å². The highest BCUT2D eigenvalue weighted by Gasteiger charge is 2.00. The van der Waals surface area contributed by atoms with E-state index in [1.165, 1.54) is 5.56 Å². The van der Waals surface area contributed by atoms with Crippen LogP contribution in [0.1, 0.15) is 32.8 Å². The molecule has 0 saturated carbocycles. The second-order valence-corrected chi connectivity index (χ2v) is 4.85. The lowest BCUT2D eigenvalue weighted by Gasteiger charge is -2.13. The van der Waals surface area contributed by atoms with Gasteiger partial charge < -0.3 is 10.1 Å². The molecule has 0 aliphatic carbocycles. The third kappa shape index (κ3) is 7.25. The van der Waals surface area contributed by atoms with E-state index in [0.717, 1.165) is 13.0 Å². The first-order valence-electron chi connectivity index (χ1n) is 6.75. The van der Waals surface area contributed by atoms with Crippen molar-refractivity contribution in [2.24, 2.45) is 0 Å². The maximum absolute atomic E-state index is 5.72. The number of benzene rings is 1. The van der Waals surface area contributed by atoms with Crippen molar-refractivity contribution in [1.82, 2.24) is 5.32 Å². The zero-order valence-corrected chi connectivity index (χ0v) is 11.7. The van der Waals surface area contributed by atoms with Gasteiger partial charge in [-0.15, -0.1) is 0 Å². The van der Waals surface area contributed by atoms with Gasteiger partial charge in [0.05, 0.1) is 12.7 Å². The monoisotopic (exact) mass is 247 g/mol. The van der Waals surface area contributed by atoms with E-state index in [0.29, 0.717) is 18.8 Å². The van der Waals surface area contributed by atoms with Crippen LogP contribution in [0.3, 0.4) is 0 Å². The standard InChI is InChI=1S/C16H25NO/c1-14(2)17-12-11-15(3)18-13-7-10-16-8-5-4-6-9-16/h4-10,14-15,17H,11-13H2,1-3H3. The first kappa shape index (κ1) is 14.9. The van der Waals surface area contributed by atoms with Gasteiger partial charge in [0.2, 0.25) is 0 Å². The van der Waals surface area contributed by atoms with Gasteiger partial charge in [0, 0.05) is 6.04 Å². The zero-order valence-electron chi connectivity index (χ0n) is 11.7. The van der Waals surface area contributed by atoms with Crippen LogP contribution in [0.4, 0.5) is 0 Å². The van der Waals surface area contributed by atoms with Gasteiger partial charge in [0.1, 0.15) is 0 Å². The average molecular weight is 247 g/mol. The molecule has 0 saturated heterocycles. The van der Waals surface area contributed by atoms with Gasteiger partial charge in [-0.25, -0.2) is 0 Å². The van der Waals surface area contributed by atoms with Gasteiger partial charge in [-0.3, -0.25) is 0 Å². The smallest absolute Gasteiger partial charge is 0.0654 e. The molecule has 18 heavy (non-hydrogen) atoms. The van der Waals surface area contributed by atoms with Crippen molar-refractivity contribution in [2.45, 2.75) is 39.3 Å². The Kier molecular flexibility index (Phi) is 7.38. The molecule has 1 aromatic carbocycles. The van der Waals surface area contributed by atoms with Crippen LogP contribution in [0.15, 0.2) is 36.4 Å². The summed E-state index contributed by atoms with van der Waals surface area (Å²) in [6.45, 7) is 8.14. The summed E-state index contributed by atoms with van der Waals surface area (Å²) in [6, 6.07) is 10.8. The molecule has 1 rings (SSSR count). The van der Waals surface area contributed by atoms with Gasteiger partial charge in [-0.2, -0.15) is 0 Å². The largest absolute Gasteiger partial charge is 0.374 e. The molecule has 1 aromatic rings. The second kappa shape index (κ2) is 8.90. The molecule has 0 spiro atoms. The summed E-state index contributed by atoms with van der Waals surface area (Å²) in [4.78, 5) is 0. The molecular formula is C16H25NO. The number of hydrogen-bond donors (Lipinski definition) is 1. The third-order valence-electron chi connectivity index (χ3n) is 2.69. The Bertz CT molecular complexity index is 332. The Morgan fingerprint density at radius 2 is 1.89 bits per heavy atom. The van der Waals surface area contributed by atoms with Crippen LogP contribution in [-0.4, -0.2) is 25.3 Å². The Morgan fingerprint density at radius 3 is 2.56 bits per heavy atom. The molecule has 0 bridgehead atoms. The number of ether oxygens (including phenoxy) is 1. The van der Waals surface area contributed by atoms with Crippen LogP contribution in [0.25, 0.3) is 6.08 Å². The van der Waals surface area contributed by atoms with Crippen LogP contribution < -0.4 is 5.32 Å². The van der Waals surface area contributed by atoms with Crippen molar-refractivity contribution in [2.75, 3.05) is 13.2 Å². The Morgan fingerprint density at radius 1 is 1.17 bits per heavy atom. The Balaban J connectivity index is 2.12. The van der Waals surface area contributed by atoms with Crippen molar-refractivity contribution in [3.63, 3.8) is 0 Å². The molecule has 0 aromatic heterocycles. The molecule has 0 fully saturated rings. The summed E-state index contributed by atoms with van der Waals surface area (Å²) in [5.74, 6) is 0. The minimum absolute atomic E-state index is 0.302. The van der Waals surface area contributed by atoms with Gasteiger partial charge in [-0.1, -0.05) is 56.3 Å². The highest BCUT2D eigenvalue weighted by atomic mass is 16.5. The van der Waals surface area contributed by atoms with Crippen molar-refractivity contribution < 1.29 is 4.74 Å². The molecular weight excluding hydrogens is 222 g/mol. The first-order chi connectivity index (χ1) is 8.68. The molecule has 2 heteroatoms. The Hall–Kier alpha value is -1.12. The van der Waals surface area contributed by atoms with Crippen LogP contribution in [0.5, 0.6) is 0 Å². The van der Waals surface area contributed by atoms with E-state index in [9.17, 15) is 0 Å². The fourth-order valence-corrected chi connectivity index (χ4v) is 1.63. The summed E-state index contributed by atoms with van der Waals surface area (Å²) in [7, 11) is 0. The fraction of sp³-hybridized carbons (Fsp3) is 0.500. The van der Waals surface area contributed by atoms with E-state index in [2.05, 4.69) is 50.4 Å². The van der Waals surface area contributed by atoms with Gasteiger partial charge >= 0.3 is 0 Å². The van der Waals surface area contributed by atoms with Crippen molar-refractivity contribution >= 4 is 6.08 Å². The molecule has 0 heterocycles. The quantitative estimate of drug-likeness (QED) is 0.759. The van der Waals surface area contributed by atoms with E-state index in [-0.39, 0.29) is 0 Å². The second-order valence-electron chi connectivity index (χ2n) is 4.85. The van der Waals surface area contributed by atoms with Crippen molar-refractivity contribution in [3.8, 4) is 0 Å². The topological polar surface area (TPSA) is 21.3 Å². The number of rotatable bonds is 8. The molecule has 1 atom stereocenters. The maximum Gasteiger partial charge on any atom is 0.0654 e. The van der Waals surface area contributed by atoms with Crippen LogP contribution in [0, 0.1) is 0 Å². The molecule has 0 aliphatic heterocycles. The molecule has 2 nitrogen and oxygen atoms in total. The number of nitrogens with one attached hydrogen (secondary N) is 1. The van der Waals surface area contributed by atoms with Gasteiger partial charge in [0.15, 0.2) is 0 Å². The molecule has 0 aliphatic rings. The highest BCUT2D eigenvalue weighted by molar-refractivity contribution is 5.48. The normalized spacial score (nSPS) is 13.3. The molecule has 0 radical (unpaired) electrons. The van der Waals surface area contributed by atoms with Gasteiger partial charge in [-0.05, 0) is 25.5 Å². The molecule has 1 unspecified atom stereocenters. The van der Waals surface area contributed by atoms with Crippen LogP contribution >= 0.6 is 0 Å². The summed E-state index contributed by atoms with van der Waals surface area (Å²) in [5.41, 5.74) is 1.22. The predicted octanol–water partition coefficient (Wildman–Crippen LogP) is 3.49. The maximum atomic E-state index is 5.72. The molecule has 1 N–H and O–H groups in total. The Labute approximate surface area is 111 Å². The lowest BCUT2D eigenvalue weighted by atomic mass is 10.2. The fourth-order valence-electron chi connectivity index (χ4n) is 1.63. The van der Waals surface area contributed by atoms with E-state index >= 15 is 0 Å². The van der Waals surface area contributed by atoms with Gasteiger partial charge in [0.25, 0.3) is 0 Å². The minimum atomic E-state index is 0.302. The van der Waals surface area contributed by atoms with E-state index in [1.807, 2.05) is 18.2 Å². The average Bonchev–Trinajstić information content (AvgIpc) is 2.35. The lowest BCUT2D eigenvalue weighted by Crippen LogP contribution is -2.26. The summed E-state index contributed by atoms with van der Waals surface area (Å²) >= 11 is 0. The SMILES string of the molecule is CC(C)NCCC(C)OCC=Cc1ccccc1. The van der Waals surface area contributed by atoms with E-state index in [1.54, 1.807) is 0 Å². The minimum Gasteiger partial charge on any atom is -0.374 e. The molecule has 0 amide bonds. The summed E-state index contributed by atoms with van der Waals surface area (Å²) in [5, 5.41) is 3.39. The highest BCUT2D eigenvalue weighted by Crippen LogP contribution is 2.02. The van der Waals surface area contributed by atoms with E-state index in [4.69, 9.17) is 4.74 Å². The van der Waals surface area contributed by atoms with Crippen molar-refractivity contribution in [3.05, 3.63) is 42.0 Å². The number of hydrogen-bond acceptors (Lipinski definition) is 2. The molecule has 100 valence electrons. The van der Waals surface area contributed by atoms with Crippen molar-refractivity contribution in [1.29, 1.82) is 0 Å². The van der Waals surface area contributed by atoms with E-state index < -0.39 is 0 Å². The predicted molar refractivity (Wildman–Crippen MR) is 78.6 cm³/mol. The lowest BCUT2D eigenvalue weighted by molar-refractivity contribution is 0.0819. The zero-order chi connectivity index (χ0) is 13.2. The third-order valence-corrected chi connectivity index (χ3v) is 2.69. The summed E-state index contributed by atoms with van der Waals surface area (Å²) in [6.07, 6.45) is 5.52. The first-order valence-corrected chi connectivity index (χ1v) is 6.75. The van der Waals surface area contributed by atoms with Crippen LogP contribution in [0.2, 0.25) is 0 Å².